The first-order valence-corrected chi connectivity index (χ1v) is 11.7. The number of ether oxygens (including phenoxy) is 1. The highest BCUT2D eigenvalue weighted by Crippen LogP contribution is 2.26. The van der Waals surface area contributed by atoms with Gasteiger partial charge in [0.05, 0.1) is 18.9 Å². The molecule has 0 aliphatic carbocycles. The Balaban J connectivity index is 1.39. The normalized spacial score (nSPS) is 11.7. The zero-order valence-electron chi connectivity index (χ0n) is 17.9. The van der Waals surface area contributed by atoms with Crippen LogP contribution in [0.15, 0.2) is 88.5 Å². The highest BCUT2D eigenvalue weighted by molar-refractivity contribution is 7.99. The van der Waals surface area contributed by atoms with E-state index in [1.165, 1.54) is 11.8 Å². The summed E-state index contributed by atoms with van der Waals surface area (Å²) in [7, 11) is 1.61. The van der Waals surface area contributed by atoms with Gasteiger partial charge >= 0.3 is 0 Å². The number of rotatable bonds is 9. The Morgan fingerprint density at radius 2 is 1.76 bits per heavy atom. The molecule has 0 aliphatic rings. The van der Waals surface area contributed by atoms with Crippen molar-refractivity contribution in [1.29, 1.82) is 0 Å². The smallest absolute Gasteiger partial charge is 0.277 e. The number of carbonyl (C=O) groups is 1. The molecule has 0 radical (unpaired) electrons. The summed E-state index contributed by atoms with van der Waals surface area (Å²) in [6.07, 6.45) is 0.586. The molecule has 1 heterocycles. The fourth-order valence-corrected chi connectivity index (χ4v) is 4.09. The van der Waals surface area contributed by atoms with Gasteiger partial charge in [0.2, 0.25) is 11.8 Å². The van der Waals surface area contributed by atoms with Crippen molar-refractivity contribution in [3.8, 4) is 17.2 Å². The Bertz CT molecular complexity index is 1200. The summed E-state index contributed by atoms with van der Waals surface area (Å²) in [6.45, 7) is 0. The molecule has 168 valence electrons. The van der Waals surface area contributed by atoms with E-state index in [0.29, 0.717) is 22.6 Å². The second kappa shape index (κ2) is 11.0. The third kappa shape index (κ3) is 6.15. The van der Waals surface area contributed by atoms with Crippen LogP contribution in [0.4, 0.5) is 0 Å². The minimum Gasteiger partial charge on any atom is -0.497 e. The second-order valence-corrected chi connectivity index (χ2v) is 8.55. The molecule has 0 bridgehead atoms. The van der Waals surface area contributed by atoms with Crippen LogP contribution in [0, 0.1) is 0 Å². The first-order valence-electron chi connectivity index (χ1n) is 10.3. The van der Waals surface area contributed by atoms with Crippen LogP contribution in [0.1, 0.15) is 17.2 Å². The molecule has 4 rings (SSSR count). The van der Waals surface area contributed by atoms with Crippen LogP contribution in [0.25, 0.3) is 11.5 Å². The van der Waals surface area contributed by atoms with Crippen molar-refractivity contribution in [2.75, 3.05) is 12.9 Å². The Morgan fingerprint density at radius 1 is 1.03 bits per heavy atom. The van der Waals surface area contributed by atoms with E-state index in [0.717, 1.165) is 22.4 Å². The summed E-state index contributed by atoms with van der Waals surface area (Å²) in [4.78, 5) is 12.8. The molecule has 33 heavy (non-hydrogen) atoms. The van der Waals surface area contributed by atoms with Gasteiger partial charge in [-0.15, -0.1) is 10.2 Å². The third-order valence-corrected chi connectivity index (χ3v) is 6.18. The average molecular weight is 480 g/mol. The molecule has 1 aromatic heterocycles. The van der Waals surface area contributed by atoms with E-state index in [2.05, 4.69) is 15.5 Å². The molecule has 8 heteroatoms. The van der Waals surface area contributed by atoms with Crippen LogP contribution in [0.2, 0.25) is 5.02 Å². The number of carbonyl (C=O) groups excluding carboxylic acids is 1. The van der Waals surface area contributed by atoms with Crippen LogP contribution in [-0.4, -0.2) is 29.0 Å². The molecule has 0 spiro atoms. The highest BCUT2D eigenvalue weighted by atomic mass is 35.5. The minimum atomic E-state index is -0.211. The number of hydrogen-bond acceptors (Lipinski definition) is 6. The number of amides is 1. The molecule has 3 aromatic carbocycles. The van der Waals surface area contributed by atoms with E-state index in [1.807, 2.05) is 78.9 Å². The van der Waals surface area contributed by atoms with Crippen molar-refractivity contribution < 1.29 is 13.9 Å². The fraction of sp³-hybridized carbons (Fsp3) is 0.160. The number of methoxy groups -OCH3 is 1. The highest BCUT2D eigenvalue weighted by Gasteiger charge is 2.18. The first kappa shape index (κ1) is 22.9. The molecule has 6 nitrogen and oxygen atoms in total. The largest absolute Gasteiger partial charge is 0.497 e. The van der Waals surface area contributed by atoms with E-state index in [9.17, 15) is 4.79 Å². The molecule has 4 aromatic rings. The van der Waals surface area contributed by atoms with Crippen molar-refractivity contribution in [2.24, 2.45) is 0 Å². The van der Waals surface area contributed by atoms with Crippen molar-refractivity contribution >= 4 is 29.3 Å². The molecular formula is C25H22ClN3O3S. The molecule has 0 saturated heterocycles. The zero-order chi connectivity index (χ0) is 23.0. The third-order valence-electron chi connectivity index (χ3n) is 4.99. The zero-order valence-corrected chi connectivity index (χ0v) is 19.5. The van der Waals surface area contributed by atoms with Gasteiger partial charge in [-0.05, 0) is 47.9 Å². The number of hydrogen-bond donors (Lipinski definition) is 1. The molecule has 1 atom stereocenters. The quantitative estimate of drug-likeness (QED) is 0.315. The van der Waals surface area contributed by atoms with Crippen molar-refractivity contribution in [1.82, 2.24) is 15.5 Å². The Labute approximate surface area is 201 Å². The summed E-state index contributed by atoms with van der Waals surface area (Å²) in [5.74, 6) is 1.15. The van der Waals surface area contributed by atoms with Gasteiger partial charge in [0.1, 0.15) is 5.75 Å². The lowest BCUT2D eigenvalue weighted by Gasteiger charge is -2.20. The minimum absolute atomic E-state index is 0.134. The second-order valence-electron chi connectivity index (χ2n) is 7.22. The fourth-order valence-electron chi connectivity index (χ4n) is 3.30. The van der Waals surface area contributed by atoms with Crippen molar-refractivity contribution in [3.63, 3.8) is 0 Å². The SMILES string of the molecule is COc1ccc(-c2nnc(SCC(=O)NC(Cc3ccccc3Cl)c3ccccc3)o2)cc1. The monoisotopic (exact) mass is 479 g/mol. The lowest BCUT2D eigenvalue weighted by molar-refractivity contribution is -0.119. The van der Waals surface area contributed by atoms with Gasteiger partial charge in [-0.25, -0.2) is 0 Å². The van der Waals surface area contributed by atoms with E-state index in [-0.39, 0.29) is 17.7 Å². The van der Waals surface area contributed by atoms with Gasteiger partial charge in [-0.2, -0.15) is 0 Å². The summed E-state index contributed by atoms with van der Waals surface area (Å²) in [5.41, 5.74) is 2.76. The van der Waals surface area contributed by atoms with Gasteiger partial charge < -0.3 is 14.5 Å². The van der Waals surface area contributed by atoms with Gasteiger partial charge in [-0.3, -0.25) is 4.79 Å². The number of halogens is 1. The Kier molecular flexibility index (Phi) is 7.65. The molecule has 0 aliphatic heterocycles. The molecule has 1 amide bonds. The topological polar surface area (TPSA) is 77.2 Å². The van der Waals surface area contributed by atoms with E-state index in [4.69, 9.17) is 20.8 Å². The summed E-state index contributed by atoms with van der Waals surface area (Å²) in [5, 5.41) is 12.2. The van der Waals surface area contributed by atoms with E-state index < -0.39 is 0 Å². The molecule has 0 saturated carbocycles. The lowest BCUT2D eigenvalue weighted by Crippen LogP contribution is -2.31. The maximum atomic E-state index is 12.8. The Hall–Kier alpha value is -3.29. The van der Waals surface area contributed by atoms with Crippen LogP contribution >= 0.6 is 23.4 Å². The molecule has 1 N–H and O–H groups in total. The summed E-state index contributed by atoms with van der Waals surface area (Å²) < 4.78 is 10.9. The maximum absolute atomic E-state index is 12.8. The summed E-state index contributed by atoms with van der Waals surface area (Å²) >= 11 is 7.55. The number of aromatic nitrogens is 2. The number of nitrogens with zero attached hydrogens (tertiary/aromatic N) is 2. The molecule has 0 fully saturated rings. The average Bonchev–Trinajstić information content (AvgIpc) is 3.33. The van der Waals surface area contributed by atoms with Crippen molar-refractivity contribution in [2.45, 2.75) is 17.7 Å². The predicted octanol–water partition coefficient (Wildman–Crippen LogP) is 5.59. The van der Waals surface area contributed by atoms with Crippen LogP contribution in [0.3, 0.4) is 0 Å². The number of nitrogens with one attached hydrogen (secondary N) is 1. The Morgan fingerprint density at radius 3 is 2.48 bits per heavy atom. The molecular weight excluding hydrogens is 458 g/mol. The maximum Gasteiger partial charge on any atom is 0.277 e. The standard InChI is InChI=1S/C25H22ClN3O3S/c1-31-20-13-11-18(12-14-20)24-28-29-25(32-24)33-16-23(30)27-22(17-7-3-2-4-8-17)15-19-9-5-6-10-21(19)26/h2-14,22H,15-16H2,1H3,(H,27,30). The van der Waals surface area contributed by atoms with Gasteiger partial charge in [0.15, 0.2) is 0 Å². The summed E-state index contributed by atoms with van der Waals surface area (Å²) in [6, 6.07) is 24.6. The lowest BCUT2D eigenvalue weighted by atomic mass is 9.99. The number of benzene rings is 3. The van der Waals surface area contributed by atoms with Crippen LogP contribution in [-0.2, 0) is 11.2 Å². The van der Waals surface area contributed by atoms with Gasteiger partial charge in [-0.1, -0.05) is 71.9 Å². The molecule has 1 unspecified atom stereocenters. The van der Waals surface area contributed by atoms with Gasteiger partial charge in [0.25, 0.3) is 5.22 Å². The van der Waals surface area contributed by atoms with Crippen molar-refractivity contribution in [3.05, 3.63) is 95.0 Å². The van der Waals surface area contributed by atoms with Gasteiger partial charge in [0, 0.05) is 10.6 Å². The van der Waals surface area contributed by atoms with Crippen LogP contribution in [0.5, 0.6) is 5.75 Å². The van der Waals surface area contributed by atoms with E-state index >= 15 is 0 Å². The number of thioether (sulfide) groups is 1. The van der Waals surface area contributed by atoms with E-state index in [1.54, 1.807) is 7.11 Å². The predicted molar refractivity (Wildman–Crippen MR) is 129 cm³/mol. The van der Waals surface area contributed by atoms with Crippen LogP contribution < -0.4 is 10.1 Å². The first-order chi connectivity index (χ1) is 16.1.